The molecule has 0 spiro atoms. The molecule has 0 unspecified atom stereocenters. The van der Waals surface area contributed by atoms with Crippen molar-refractivity contribution in [3.63, 3.8) is 0 Å². The van der Waals surface area contributed by atoms with Crippen molar-refractivity contribution >= 4 is 21.6 Å². The fraction of sp³-hybridized carbons (Fsp3) is 0.286. The molecule has 1 heterocycles. The highest BCUT2D eigenvalue weighted by Crippen LogP contribution is 2.14. The quantitative estimate of drug-likeness (QED) is 0.913. The maximum absolute atomic E-state index is 12.1. The second-order valence-corrected chi connectivity index (χ2v) is 6.86. The summed E-state index contributed by atoms with van der Waals surface area (Å²) < 4.78 is 29.0. The highest BCUT2D eigenvalue weighted by Gasteiger charge is 2.16. The molecule has 0 aliphatic carbocycles. The largest absolute Gasteiger partial charge is 0.360 e. The summed E-state index contributed by atoms with van der Waals surface area (Å²) in [6, 6.07) is 8.11. The normalized spacial score (nSPS) is 11.3. The first-order valence-electron chi connectivity index (χ1n) is 6.39. The van der Waals surface area contributed by atoms with E-state index in [1.165, 1.54) is 0 Å². The summed E-state index contributed by atoms with van der Waals surface area (Å²) >= 11 is 0. The molecule has 21 heavy (non-hydrogen) atoms. The smallest absolute Gasteiger partial charge is 0.226 e. The summed E-state index contributed by atoms with van der Waals surface area (Å²) in [4.78, 5) is 11.9. The van der Waals surface area contributed by atoms with Crippen LogP contribution in [0, 0.1) is 13.8 Å². The van der Waals surface area contributed by atoms with Gasteiger partial charge in [0, 0.05) is 12.5 Å². The summed E-state index contributed by atoms with van der Waals surface area (Å²) in [6.07, 6.45) is -0.137. The molecule has 6 nitrogen and oxygen atoms in total. The minimum absolute atomic E-state index is 0.137. The van der Waals surface area contributed by atoms with E-state index in [2.05, 4.69) is 10.5 Å². The topological polar surface area (TPSA) is 89.3 Å². The molecule has 1 aromatic heterocycles. The Balaban J connectivity index is 1.95. The SMILES string of the molecule is Cc1ccc(S(=O)(=O)CCC(=O)Nc2cc(C)on2)cc1. The lowest BCUT2D eigenvalue weighted by Crippen LogP contribution is -2.17. The molecule has 2 rings (SSSR count). The molecule has 112 valence electrons. The third kappa shape index (κ3) is 4.16. The summed E-state index contributed by atoms with van der Waals surface area (Å²) in [5.74, 6) is 0.181. The van der Waals surface area contributed by atoms with Gasteiger partial charge in [-0.3, -0.25) is 4.79 Å². The van der Waals surface area contributed by atoms with Crippen LogP contribution in [0.1, 0.15) is 17.7 Å². The van der Waals surface area contributed by atoms with Gasteiger partial charge in [-0.1, -0.05) is 22.9 Å². The van der Waals surface area contributed by atoms with E-state index < -0.39 is 15.7 Å². The van der Waals surface area contributed by atoms with Gasteiger partial charge in [0.15, 0.2) is 15.7 Å². The van der Waals surface area contributed by atoms with Crippen molar-refractivity contribution in [2.45, 2.75) is 25.2 Å². The van der Waals surface area contributed by atoms with Crippen LogP contribution in [0.3, 0.4) is 0 Å². The lowest BCUT2D eigenvalue weighted by Gasteiger charge is -2.05. The fourth-order valence-corrected chi connectivity index (χ4v) is 2.96. The van der Waals surface area contributed by atoms with E-state index >= 15 is 0 Å². The number of benzene rings is 1. The van der Waals surface area contributed by atoms with Gasteiger partial charge >= 0.3 is 0 Å². The van der Waals surface area contributed by atoms with Gasteiger partial charge in [-0.05, 0) is 26.0 Å². The maximum Gasteiger partial charge on any atom is 0.226 e. The first-order valence-corrected chi connectivity index (χ1v) is 8.05. The molecule has 0 saturated heterocycles. The molecule has 7 heteroatoms. The van der Waals surface area contributed by atoms with Crippen molar-refractivity contribution in [3.8, 4) is 0 Å². The van der Waals surface area contributed by atoms with Crippen LogP contribution < -0.4 is 5.32 Å². The van der Waals surface area contributed by atoms with E-state index in [1.807, 2.05) is 6.92 Å². The number of carbonyl (C=O) groups excluding carboxylic acids is 1. The van der Waals surface area contributed by atoms with Crippen molar-refractivity contribution in [3.05, 3.63) is 41.7 Å². The van der Waals surface area contributed by atoms with Gasteiger partial charge in [0.1, 0.15) is 5.76 Å². The monoisotopic (exact) mass is 308 g/mol. The molecule has 0 bridgehead atoms. The number of aromatic nitrogens is 1. The summed E-state index contributed by atoms with van der Waals surface area (Å²) in [5, 5.41) is 6.10. The summed E-state index contributed by atoms with van der Waals surface area (Å²) in [6.45, 7) is 3.58. The Morgan fingerprint density at radius 1 is 1.24 bits per heavy atom. The molecule has 1 N–H and O–H groups in total. The zero-order valence-electron chi connectivity index (χ0n) is 11.8. The Morgan fingerprint density at radius 2 is 1.90 bits per heavy atom. The van der Waals surface area contributed by atoms with Gasteiger partial charge in [-0.2, -0.15) is 0 Å². The van der Waals surface area contributed by atoms with Crippen LogP contribution in [-0.2, 0) is 14.6 Å². The van der Waals surface area contributed by atoms with Crippen molar-refractivity contribution in [1.82, 2.24) is 5.16 Å². The van der Waals surface area contributed by atoms with Crippen molar-refractivity contribution in [2.75, 3.05) is 11.1 Å². The first kappa shape index (κ1) is 15.2. The number of nitrogens with one attached hydrogen (secondary N) is 1. The van der Waals surface area contributed by atoms with Crippen LogP contribution in [0.15, 0.2) is 39.8 Å². The predicted octanol–water partition coefficient (Wildman–Crippen LogP) is 2.09. The second kappa shape index (κ2) is 6.09. The van der Waals surface area contributed by atoms with E-state index in [-0.39, 0.29) is 22.9 Å². The van der Waals surface area contributed by atoms with Crippen LogP contribution in [0.4, 0.5) is 5.82 Å². The first-order chi connectivity index (χ1) is 9.87. The number of hydrogen-bond acceptors (Lipinski definition) is 5. The van der Waals surface area contributed by atoms with Crippen LogP contribution in [0.5, 0.6) is 0 Å². The Hall–Kier alpha value is -2.15. The number of nitrogens with zero attached hydrogens (tertiary/aromatic N) is 1. The van der Waals surface area contributed by atoms with Crippen molar-refractivity contribution in [2.24, 2.45) is 0 Å². The zero-order chi connectivity index (χ0) is 15.5. The van der Waals surface area contributed by atoms with Gasteiger partial charge in [-0.15, -0.1) is 0 Å². The van der Waals surface area contributed by atoms with E-state index in [0.717, 1.165) is 5.56 Å². The molecule has 2 aromatic rings. The summed E-state index contributed by atoms with van der Waals surface area (Å²) in [7, 11) is -3.46. The van der Waals surface area contributed by atoms with Gasteiger partial charge < -0.3 is 9.84 Å². The predicted molar refractivity (Wildman–Crippen MR) is 77.7 cm³/mol. The highest BCUT2D eigenvalue weighted by molar-refractivity contribution is 7.91. The third-order valence-electron chi connectivity index (χ3n) is 2.87. The number of aryl methyl sites for hydroxylation is 2. The molecule has 0 aliphatic heterocycles. The number of amides is 1. The number of carbonyl (C=O) groups is 1. The molecule has 0 aliphatic rings. The zero-order valence-corrected chi connectivity index (χ0v) is 12.6. The van der Waals surface area contributed by atoms with Crippen LogP contribution in [-0.4, -0.2) is 25.2 Å². The molecule has 0 saturated carbocycles. The van der Waals surface area contributed by atoms with Gasteiger partial charge in [0.2, 0.25) is 5.91 Å². The average molecular weight is 308 g/mol. The highest BCUT2D eigenvalue weighted by atomic mass is 32.2. The second-order valence-electron chi connectivity index (χ2n) is 4.75. The molecule has 1 aromatic carbocycles. The molecule has 1 amide bonds. The standard InChI is InChI=1S/C14H16N2O4S/c1-10-3-5-12(6-4-10)21(18,19)8-7-14(17)15-13-9-11(2)20-16-13/h3-6,9H,7-8H2,1-2H3,(H,15,16,17). The van der Waals surface area contributed by atoms with Gasteiger partial charge in [-0.25, -0.2) is 8.42 Å². The minimum atomic E-state index is -3.46. The van der Waals surface area contributed by atoms with Gasteiger partial charge in [0.25, 0.3) is 0 Å². The van der Waals surface area contributed by atoms with Gasteiger partial charge in [0.05, 0.1) is 10.6 Å². The fourth-order valence-electron chi connectivity index (χ4n) is 1.72. The minimum Gasteiger partial charge on any atom is -0.360 e. The third-order valence-corrected chi connectivity index (χ3v) is 4.61. The lowest BCUT2D eigenvalue weighted by molar-refractivity contribution is -0.115. The van der Waals surface area contributed by atoms with E-state index in [9.17, 15) is 13.2 Å². The molecule has 0 atom stereocenters. The van der Waals surface area contributed by atoms with E-state index in [0.29, 0.717) is 5.76 Å². The maximum atomic E-state index is 12.1. The van der Waals surface area contributed by atoms with E-state index in [1.54, 1.807) is 37.3 Å². The van der Waals surface area contributed by atoms with Crippen molar-refractivity contribution < 1.29 is 17.7 Å². The number of sulfone groups is 1. The van der Waals surface area contributed by atoms with Crippen LogP contribution in [0.2, 0.25) is 0 Å². The number of anilines is 1. The molecule has 0 radical (unpaired) electrons. The average Bonchev–Trinajstić information content (AvgIpc) is 2.82. The van der Waals surface area contributed by atoms with Crippen LogP contribution in [0.25, 0.3) is 0 Å². The molecule has 0 fully saturated rings. The number of rotatable bonds is 5. The molecular weight excluding hydrogens is 292 g/mol. The lowest BCUT2D eigenvalue weighted by atomic mass is 10.2. The Morgan fingerprint density at radius 3 is 2.48 bits per heavy atom. The Bertz CT molecular complexity index is 733. The van der Waals surface area contributed by atoms with Crippen molar-refractivity contribution in [1.29, 1.82) is 0 Å². The Labute approximate surface area is 123 Å². The van der Waals surface area contributed by atoms with E-state index in [4.69, 9.17) is 4.52 Å². The summed E-state index contributed by atoms with van der Waals surface area (Å²) in [5.41, 5.74) is 0.980. The molecular formula is C14H16N2O4S. The number of hydrogen-bond donors (Lipinski definition) is 1. The van der Waals surface area contributed by atoms with Crippen LogP contribution >= 0.6 is 0 Å². The Kier molecular flexibility index (Phi) is 4.42.